The Morgan fingerprint density at radius 3 is 2.54 bits per heavy atom. The van der Waals surface area contributed by atoms with Crippen LogP contribution in [0.5, 0.6) is 11.5 Å². The number of benzene rings is 1. The second-order valence-electron chi connectivity index (χ2n) is 5.89. The maximum Gasteiger partial charge on any atom is 0.332 e. The molecule has 3 aromatic rings. The third kappa shape index (κ3) is 3.42. The average molecular weight is 388 g/mol. The van der Waals surface area contributed by atoms with Crippen molar-refractivity contribution < 1.29 is 13.9 Å². The molecule has 28 heavy (non-hydrogen) atoms. The molecule has 9 heteroatoms. The Bertz CT molecular complexity index is 1140. The molecule has 2 heterocycles. The summed E-state index contributed by atoms with van der Waals surface area (Å²) in [5.41, 5.74) is 0.538. The molecule has 2 aromatic heterocycles. The lowest BCUT2D eigenvalue weighted by atomic mass is 10.2. The average Bonchev–Trinajstić information content (AvgIpc) is 3.12. The van der Waals surface area contributed by atoms with Gasteiger partial charge in [0.15, 0.2) is 17.1 Å². The Balaban J connectivity index is 2.04. The summed E-state index contributed by atoms with van der Waals surface area (Å²) in [5, 5.41) is 0. The SMILES string of the molecule is CCn1c(=O)c2[nH]c(/C=C/c3ccc(OC)c(OCF)c3)nc2n(CC)c1=O. The van der Waals surface area contributed by atoms with Gasteiger partial charge < -0.3 is 14.5 Å². The Labute approximate surface area is 159 Å². The van der Waals surface area contributed by atoms with Gasteiger partial charge in [0.1, 0.15) is 11.3 Å². The van der Waals surface area contributed by atoms with Crippen molar-refractivity contribution in [3.63, 3.8) is 0 Å². The summed E-state index contributed by atoms with van der Waals surface area (Å²) in [6, 6.07) is 5.07. The Kier molecular flexibility index (Phi) is 5.62. The van der Waals surface area contributed by atoms with E-state index >= 15 is 0 Å². The summed E-state index contributed by atoms with van der Waals surface area (Å²) in [6.45, 7) is 3.27. The number of halogens is 1. The number of hydrogen-bond donors (Lipinski definition) is 1. The normalized spacial score (nSPS) is 11.4. The molecule has 0 bridgehead atoms. The van der Waals surface area contributed by atoms with Crippen LogP contribution in [0.3, 0.4) is 0 Å². The van der Waals surface area contributed by atoms with E-state index in [4.69, 9.17) is 9.47 Å². The monoisotopic (exact) mass is 388 g/mol. The lowest BCUT2D eigenvalue weighted by Gasteiger charge is -2.08. The Morgan fingerprint density at radius 2 is 1.89 bits per heavy atom. The number of rotatable bonds is 7. The lowest BCUT2D eigenvalue weighted by Crippen LogP contribution is -2.39. The van der Waals surface area contributed by atoms with Crippen molar-refractivity contribution in [3.8, 4) is 11.5 Å². The fourth-order valence-corrected chi connectivity index (χ4v) is 2.97. The minimum atomic E-state index is -0.967. The Hall–Kier alpha value is -3.36. The quantitative estimate of drug-likeness (QED) is 0.671. The molecule has 0 radical (unpaired) electrons. The molecule has 3 rings (SSSR count). The molecular formula is C19H21FN4O4. The van der Waals surface area contributed by atoms with E-state index < -0.39 is 12.4 Å². The first-order valence-corrected chi connectivity index (χ1v) is 8.82. The van der Waals surface area contributed by atoms with E-state index in [1.807, 2.05) is 6.92 Å². The van der Waals surface area contributed by atoms with Crippen molar-refractivity contribution in [3.05, 3.63) is 50.4 Å². The maximum atomic E-state index is 12.5. The van der Waals surface area contributed by atoms with E-state index in [-0.39, 0.29) is 23.5 Å². The number of ether oxygens (including phenoxy) is 2. The van der Waals surface area contributed by atoms with Crippen LogP contribution >= 0.6 is 0 Å². The van der Waals surface area contributed by atoms with Gasteiger partial charge in [0.25, 0.3) is 5.56 Å². The molecule has 0 unspecified atom stereocenters. The Morgan fingerprint density at radius 1 is 1.14 bits per heavy atom. The van der Waals surface area contributed by atoms with Gasteiger partial charge in [0, 0.05) is 13.1 Å². The van der Waals surface area contributed by atoms with Crippen LogP contribution in [0.15, 0.2) is 27.8 Å². The largest absolute Gasteiger partial charge is 0.493 e. The number of imidazole rings is 1. The van der Waals surface area contributed by atoms with Crippen molar-refractivity contribution in [2.24, 2.45) is 0 Å². The van der Waals surface area contributed by atoms with Gasteiger partial charge in [-0.05, 0) is 37.6 Å². The van der Waals surface area contributed by atoms with Crippen LogP contribution in [0.1, 0.15) is 25.2 Å². The molecule has 1 N–H and O–H groups in total. The van der Waals surface area contributed by atoms with Crippen LogP contribution in [0.25, 0.3) is 23.3 Å². The van der Waals surface area contributed by atoms with E-state index in [1.54, 1.807) is 37.3 Å². The van der Waals surface area contributed by atoms with Crippen molar-refractivity contribution in [1.29, 1.82) is 0 Å². The van der Waals surface area contributed by atoms with Gasteiger partial charge in [-0.2, -0.15) is 0 Å². The highest BCUT2D eigenvalue weighted by Gasteiger charge is 2.15. The number of nitrogens with one attached hydrogen (secondary N) is 1. The summed E-state index contributed by atoms with van der Waals surface area (Å²) < 4.78 is 25.2. The van der Waals surface area contributed by atoms with Gasteiger partial charge in [-0.1, -0.05) is 12.1 Å². The number of methoxy groups -OCH3 is 1. The standard InChI is InChI=1S/C19H21FN4O4/c1-4-23-17-16(18(25)24(5-2)19(23)26)21-15(22-17)9-7-12-6-8-13(27-3)14(10-12)28-11-20/h6-10H,4-5,11H2,1-3H3,(H,21,22)/b9-7+. The molecule has 0 amide bonds. The number of nitrogens with zero attached hydrogens (tertiary/aromatic N) is 3. The van der Waals surface area contributed by atoms with Gasteiger partial charge in [0.05, 0.1) is 7.11 Å². The molecule has 0 aliphatic heterocycles. The first-order valence-electron chi connectivity index (χ1n) is 8.82. The molecule has 0 atom stereocenters. The molecule has 0 fully saturated rings. The molecule has 148 valence electrons. The van der Waals surface area contributed by atoms with Gasteiger partial charge in [-0.3, -0.25) is 13.9 Å². The van der Waals surface area contributed by atoms with Gasteiger partial charge >= 0.3 is 5.69 Å². The molecule has 0 aliphatic carbocycles. The van der Waals surface area contributed by atoms with E-state index in [2.05, 4.69) is 9.97 Å². The molecule has 0 spiro atoms. The number of aromatic amines is 1. The number of hydrogen-bond acceptors (Lipinski definition) is 5. The molecule has 1 aromatic carbocycles. The van der Waals surface area contributed by atoms with Gasteiger partial charge in [0.2, 0.25) is 6.86 Å². The molecule has 8 nitrogen and oxygen atoms in total. The van der Waals surface area contributed by atoms with E-state index in [0.29, 0.717) is 23.8 Å². The highest BCUT2D eigenvalue weighted by atomic mass is 19.1. The van der Waals surface area contributed by atoms with Crippen LogP contribution in [-0.2, 0) is 13.1 Å². The molecule has 0 saturated carbocycles. The van der Waals surface area contributed by atoms with Crippen molar-refractivity contribution in [2.75, 3.05) is 14.0 Å². The highest BCUT2D eigenvalue weighted by molar-refractivity contribution is 5.76. The second kappa shape index (κ2) is 8.12. The summed E-state index contributed by atoms with van der Waals surface area (Å²) >= 11 is 0. The number of aromatic nitrogens is 4. The van der Waals surface area contributed by atoms with E-state index in [9.17, 15) is 14.0 Å². The van der Waals surface area contributed by atoms with Crippen LogP contribution in [0, 0.1) is 0 Å². The zero-order valence-corrected chi connectivity index (χ0v) is 15.9. The highest BCUT2D eigenvalue weighted by Crippen LogP contribution is 2.28. The first kappa shape index (κ1) is 19.4. The van der Waals surface area contributed by atoms with Crippen molar-refractivity contribution >= 4 is 23.3 Å². The summed E-state index contributed by atoms with van der Waals surface area (Å²) in [5.74, 6) is 1.12. The van der Waals surface area contributed by atoms with Crippen LogP contribution in [0.4, 0.5) is 4.39 Å². The van der Waals surface area contributed by atoms with Crippen molar-refractivity contribution in [1.82, 2.24) is 19.1 Å². The number of alkyl halides is 1. The van der Waals surface area contributed by atoms with Gasteiger partial charge in [-0.25, -0.2) is 14.2 Å². The maximum absolute atomic E-state index is 12.5. The zero-order chi connectivity index (χ0) is 20.3. The van der Waals surface area contributed by atoms with E-state index in [0.717, 1.165) is 5.56 Å². The van der Waals surface area contributed by atoms with Crippen LogP contribution < -0.4 is 20.7 Å². The number of H-pyrrole nitrogens is 1. The number of aryl methyl sites for hydroxylation is 1. The van der Waals surface area contributed by atoms with E-state index in [1.165, 1.54) is 16.2 Å². The second-order valence-corrected chi connectivity index (χ2v) is 5.89. The molecular weight excluding hydrogens is 367 g/mol. The third-order valence-corrected chi connectivity index (χ3v) is 4.34. The predicted octanol–water partition coefficient (Wildman–Crippen LogP) is 2.41. The summed E-state index contributed by atoms with van der Waals surface area (Å²) in [6.07, 6.45) is 3.40. The fourth-order valence-electron chi connectivity index (χ4n) is 2.97. The molecule has 0 saturated heterocycles. The minimum Gasteiger partial charge on any atom is -0.493 e. The zero-order valence-electron chi connectivity index (χ0n) is 15.9. The molecule has 0 aliphatic rings. The topological polar surface area (TPSA) is 91.1 Å². The fraction of sp³-hybridized carbons (Fsp3) is 0.316. The predicted molar refractivity (Wildman–Crippen MR) is 104 cm³/mol. The van der Waals surface area contributed by atoms with Crippen LogP contribution in [0.2, 0.25) is 0 Å². The number of fused-ring (bicyclic) bond motifs is 1. The lowest BCUT2D eigenvalue weighted by molar-refractivity contribution is 0.184. The van der Waals surface area contributed by atoms with Crippen molar-refractivity contribution in [2.45, 2.75) is 26.9 Å². The third-order valence-electron chi connectivity index (χ3n) is 4.34. The van der Waals surface area contributed by atoms with Gasteiger partial charge in [-0.15, -0.1) is 0 Å². The smallest absolute Gasteiger partial charge is 0.332 e. The minimum absolute atomic E-state index is 0.277. The summed E-state index contributed by atoms with van der Waals surface area (Å²) in [4.78, 5) is 32.3. The van der Waals surface area contributed by atoms with Crippen LogP contribution in [-0.4, -0.2) is 33.1 Å². The summed E-state index contributed by atoms with van der Waals surface area (Å²) in [7, 11) is 1.47. The first-order chi connectivity index (χ1) is 13.5.